The molecule has 0 saturated heterocycles. The molecule has 60 valence electrons. The minimum Gasteiger partial charge on any atom is -0.392 e. The van der Waals surface area contributed by atoms with Crippen LogP contribution >= 0.6 is 0 Å². The van der Waals surface area contributed by atoms with Gasteiger partial charge in [0.25, 0.3) is 0 Å². The van der Waals surface area contributed by atoms with Crippen LogP contribution < -0.4 is 0 Å². The Labute approximate surface area is 61.9 Å². The number of hydrogen-bond acceptors (Lipinski definition) is 2. The number of aliphatic hydroxyl groups is 2. The molecule has 0 aromatic heterocycles. The molecule has 0 amide bonds. The summed E-state index contributed by atoms with van der Waals surface area (Å²) < 4.78 is 0. The van der Waals surface area contributed by atoms with E-state index < -0.39 is 0 Å². The van der Waals surface area contributed by atoms with Crippen LogP contribution in [0, 0.1) is 17.8 Å². The van der Waals surface area contributed by atoms with Crippen LogP contribution in [0.25, 0.3) is 0 Å². The Hall–Kier alpha value is -0.0800. The summed E-state index contributed by atoms with van der Waals surface area (Å²) in [5, 5.41) is 18.9. The van der Waals surface area contributed by atoms with E-state index in [1.54, 1.807) is 0 Å². The number of hydrogen-bond donors (Lipinski definition) is 2. The van der Waals surface area contributed by atoms with Crippen LogP contribution in [0.15, 0.2) is 0 Å². The Morgan fingerprint density at radius 3 is 1.10 bits per heavy atom. The molecule has 0 aliphatic heterocycles. The highest BCUT2D eigenvalue weighted by Crippen LogP contribution is 2.35. The molecule has 1 rings (SSSR count). The SMILES string of the molecule is CC1C(C)C(O)C(C)C1O. The number of rotatable bonds is 0. The van der Waals surface area contributed by atoms with Crippen LogP contribution in [0.3, 0.4) is 0 Å². The van der Waals surface area contributed by atoms with Gasteiger partial charge in [0.2, 0.25) is 0 Å². The minimum atomic E-state index is -0.315. The van der Waals surface area contributed by atoms with Crippen molar-refractivity contribution in [3.05, 3.63) is 0 Å². The topological polar surface area (TPSA) is 40.5 Å². The maximum atomic E-state index is 9.45. The molecule has 4 unspecified atom stereocenters. The van der Waals surface area contributed by atoms with Gasteiger partial charge in [-0.1, -0.05) is 20.8 Å². The lowest BCUT2D eigenvalue weighted by atomic mass is 9.98. The Bertz CT molecular complexity index is 79.6. The summed E-state index contributed by atoms with van der Waals surface area (Å²) in [6, 6.07) is 0. The van der Waals surface area contributed by atoms with Crippen molar-refractivity contribution in [2.45, 2.75) is 33.0 Å². The van der Waals surface area contributed by atoms with E-state index in [4.69, 9.17) is 0 Å². The minimum absolute atomic E-state index is 0.0463. The first-order valence-corrected chi connectivity index (χ1v) is 3.92. The molecule has 0 heterocycles. The zero-order valence-corrected chi connectivity index (χ0v) is 6.78. The molecule has 1 aliphatic carbocycles. The van der Waals surface area contributed by atoms with E-state index in [9.17, 15) is 10.2 Å². The van der Waals surface area contributed by atoms with Crippen molar-refractivity contribution >= 4 is 0 Å². The van der Waals surface area contributed by atoms with Crippen LogP contribution in [-0.4, -0.2) is 22.4 Å². The molecule has 2 heteroatoms. The smallest absolute Gasteiger partial charge is 0.0619 e. The van der Waals surface area contributed by atoms with Gasteiger partial charge in [-0.25, -0.2) is 0 Å². The Balaban J connectivity index is 2.68. The molecule has 0 bridgehead atoms. The van der Waals surface area contributed by atoms with Gasteiger partial charge in [-0.15, -0.1) is 0 Å². The average Bonchev–Trinajstić information content (AvgIpc) is 2.07. The summed E-state index contributed by atoms with van der Waals surface area (Å²) in [6.07, 6.45) is -0.630. The molecule has 1 aliphatic rings. The van der Waals surface area contributed by atoms with Gasteiger partial charge in [-0.3, -0.25) is 0 Å². The summed E-state index contributed by atoms with van der Waals surface area (Å²) in [5.74, 6) is 0.528. The Morgan fingerprint density at radius 1 is 0.700 bits per heavy atom. The van der Waals surface area contributed by atoms with Gasteiger partial charge in [-0.05, 0) is 11.8 Å². The van der Waals surface area contributed by atoms with Crippen LogP contribution in [0.2, 0.25) is 0 Å². The first-order valence-electron chi connectivity index (χ1n) is 3.92. The lowest BCUT2D eigenvalue weighted by Gasteiger charge is -2.12. The molecule has 0 aromatic rings. The highest BCUT2D eigenvalue weighted by atomic mass is 16.3. The third kappa shape index (κ3) is 0.956. The van der Waals surface area contributed by atoms with Crippen molar-refractivity contribution in [3.8, 4) is 0 Å². The van der Waals surface area contributed by atoms with Gasteiger partial charge in [-0.2, -0.15) is 0 Å². The van der Waals surface area contributed by atoms with Gasteiger partial charge < -0.3 is 10.2 Å². The monoisotopic (exact) mass is 144 g/mol. The Kier molecular flexibility index (Phi) is 2.02. The third-order valence-corrected chi connectivity index (χ3v) is 2.98. The molecule has 4 atom stereocenters. The van der Waals surface area contributed by atoms with Crippen molar-refractivity contribution in [1.29, 1.82) is 0 Å². The van der Waals surface area contributed by atoms with E-state index in [1.807, 2.05) is 20.8 Å². The second-order valence-corrected chi connectivity index (χ2v) is 3.56. The quantitative estimate of drug-likeness (QED) is 0.523. The third-order valence-electron chi connectivity index (χ3n) is 2.98. The van der Waals surface area contributed by atoms with Gasteiger partial charge in [0.1, 0.15) is 0 Å². The highest BCUT2D eigenvalue weighted by molar-refractivity contribution is 4.91. The molecule has 0 aromatic carbocycles. The normalized spacial score (nSPS) is 55.5. The summed E-state index contributed by atoms with van der Waals surface area (Å²) in [4.78, 5) is 0. The van der Waals surface area contributed by atoms with Crippen LogP contribution in [0.1, 0.15) is 20.8 Å². The highest BCUT2D eigenvalue weighted by Gasteiger charge is 2.41. The first-order chi connectivity index (χ1) is 4.55. The van der Waals surface area contributed by atoms with E-state index in [2.05, 4.69) is 0 Å². The van der Waals surface area contributed by atoms with E-state index in [0.29, 0.717) is 0 Å². The van der Waals surface area contributed by atoms with Crippen LogP contribution in [0.5, 0.6) is 0 Å². The van der Waals surface area contributed by atoms with E-state index >= 15 is 0 Å². The lowest BCUT2D eigenvalue weighted by Crippen LogP contribution is -2.21. The average molecular weight is 144 g/mol. The lowest BCUT2D eigenvalue weighted by molar-refractivity contribution is 0.0627. The van der Waals surface area contributed by atoms with Crippen molar-refractivity contribution < 1.29 is 10.2 Å². The first kappa shape index (κ1) is 8.02. The second kappa shape index (κ2) is 2.51. The fraction of sp³-hybridized carbons (Fsp3) is 1.00. The van der Waals surface area contributed by atoms with Gasteiger partial charge in [0, 0.05) is 5.92 Å². The van der Waals surface area contributed by atoms with E-state index in [1.165, 1.54) is 0 Å². The second-order valence-electron chi connectivity index (χ2n) is 3.56. The van der Waals surface area contributed by atoms with Crippen LogP contribution in [0.4, 0.5) is 0 Å². The summed E-state index contributed by atoms with van der Waals surface area (Å²) >= 11 is 0. The van der Waals surface area contributed by atoms with Crippen molar-refractivity contribution in [3.63, 3.8) is 0 Å². The molecule has 0 spiro atoms. The zero-order chi connectivity index (χ0) is 7.89. The largest absolute Gasteiger partial charge is 0.392 e. The summed E-state index contributed by atoms with van der Waals surface area (Å²) in [7, 11) is 0. The molecule has 1 saturated carbocycles. The molecule has 0 radical (unpaired) electrons. The molecular formula is C8H16O2. The van der Waals surface area contributed by atoms with E-state index in [-0.39, 0.29) is 30.0 Å². The molecule has 2 nitrogen and oxygen atoms in total. The van der Waals surface area contributed by atoms with Crippen molar-refractivity contribution in [1.82, 2.24) is 0 Å². The van der Waals surface area contributed by atoms with Gasteiger partial charge in [0.15, 0.2) is 0 Å². The van der Waals surface area contributed by atoms with Crippen LogP contribution in [-0.2, 0) is 0 Å². The Morgan fingerprint density at radius 2 is 1.00 bits per heavy atom. The standard InChI is InChI=1S/C8H16O2/c1-4-5(2)8(10)6(3)7(4)9/h4-10H,1-3H3. The molecular weight excluding hydrogens is 128 g/mol. The predicted octanol–water partition coefficient (Wildman–Crippen LogP) is 0.630. The van der Waals surface area contributed by atoms with Crippen molar-refractivity contribution in [2.75, 3.05) is 0 Å². The van der Waals surface area contributed by atoms with Crippen molar-refractivity contribution in [2.24, 2.45) is 17.8 Å². The maximum Gasteiger partial charge on any atom is 0.0619 e. The number of aliphatic hydroxyl groups excluding tert-OH is 2. The maximum absolute atomic E-state index is 9.45. The summed E-state index contributed by atoms with van der Waals surface area (Å²) in [6.45, 7) is 5.87. The fourth-order valence-corrected chi connectivity index (χ4v) is 1.78. The van der Waals surface area contributed by atoms with Gasteiger partial charge >= 0.3 is 0 Å². The zero-order valence-electron chi connectivity index (χ0n) is 6.78. The summed E-state index contributed by atoms with van der Waals surface area (Å²) in [5.41, 5.74) is 0. The predicted molar refractivity (Wildman–Crippen MR) is 39.5 cm³/mol. The van der Waals surface area contributed by atoms with Gasteiger partial charge in [0.05, 0.1) is 12.2 Å². The molecule has 1 fully saturated rings. The molecule has 2 N–H and O–H groups in total. The van der Waals surface area contributed by atoms with E-state index in [0.717, 1.165) is 0 Å². The molecule has 10 heavy (non-hydrogen) atoms. The fourth-order valence-electron chi connectivity index (χ4n) is 1.78.